The number of carbonyl (C=O) groups is 4. The van der Waals surface area contributed by atoms with Gasteiger partial charge < -0.3 is 41.2 Å². The van der Waals surface area contributed by atoms with E-state index in [0.717, 1.165) is 5.56 Å². The highest BCUT2D eigenvalue weighted by Gasteiger charge is 2.45. The molecular formula is C33H30ClF3N8O7. The standard InChI is InChI=1S/C33H30ClF3N8O7/c1-51-23-4-2-3-22(15-23)39-27(48)26(47)38-16-24(28(49)50)41-25(46)18-5-11-21(12-6-18)40-29-42-30(44-31(43-29)52-17-33(35,36)37)45-32(13-14-32)19-7-9-20(34)10-8-19/h2-12,15,24H,13-14,16-17H2,1H3,(H,38,47)(H,39,48)(H,41,46)(H,49,50)(H2,40,42,43,44,45)/t24-/m0/s1. The van der Waals surface area contributed by atoms with Crippen molar-refractivity contribution in [3.63, 3.8) is 0 Å². The van der Waals surface area contributed by atoms with Gasteiger partial charge in [0.1, 0.15) is 11.8 Å². The number of carboxylic acid groups (broad SMARTS) is 1. The fraction of sp³-hybridized carbons (Fsp3) is 0.242. The van der Waals surface area contributed by atoms with Crippen molar-refractivity contribution in [2.24, 2.45) is 0 Å². The van der Waals surface area contributed by atoms with Gasteiger partial charge in [-0.2, -0.15) is 28.1 Å². The summed E-state index contributed by atoms with van der Waals surface area (Å²) >= 11 is 6.01. The molecule has 3 aromatic carbocycles. The zero-order chi connectivity index (χ0) is 37.5. The van der Waals surface area contributed by atoms with Crippen LogP contribution in [0.5, 0.6) is 11.8 Å². The molecule has 1 saturated carbocycles. The lowest BCUT2D eigenvalue weighted by Gasteiger charge is -2.19. The predicted octanol–water partition coefficient (Wildman–Crippen LogP) is 4.26. The minimum atomic E-state index is -4.65. The summed E-state index contributed by atoms with van der Waals surface area (Å²) < 4.78 is 48.6. The number of ether oxygens (including phenoxy) is 2. The number of methoxy groups -OCH3 is 1. The molecule has 3 amide bonds. The van der Waals surface area contributed by atoms with E-state index in [-0.39, 0.29) is 23.1 Å². The summed E-state index contributed by atoms with van der Waals surface area (Å²) in [5.41, 5.74) is 0.896. The quantitative estimate of drug-likeness (QED) is 0.100. The lowest BCUT2D eigenvalue weighted by molar-refractivity contribution is -0.154. The van der Waals surface area contributed by atoms with Crippen molar-refractivity contribution in [2.45, 2.75) is 30.6 Å². The van der Waals surface area contributed by atoms with Crippen molar-refractivity contribution < 1.29 is 46.9 Å². The fourth-order valence-electron chi connectivity index (χ4n) is 4.71. The minimum Gasteiger partial charge on any atom is -0.497 e. The van der Waals surface area contributed by atoms with Gasteiger partial charge in [0.15, 0.2) is 6.61 Å². The summed E-state index contributed by atoms with van der Waals surface area (Å²) in [6, 6.07) is 16.6. The van der Waals surface area contributed by atoms with Crippen LogP contribution < -0.4 is 36.1 Å². The van der Waals surface area contributed by atoms with Crippen LogP contribution in [0.4, 0.5) is 36.4 Å². The first-order chi connectivity index (χ1) is 24.7. The molecular weight excluding hydrogens is 713 g/mol. The van der Waals surface area contributed by atoms with E-state index in [1.165, 1.54) is 43.5 Å². The number of nitrogens with zero attached hydrogens (tertiary/aromatic N) is 3. The molecule has 272 valence electrons. The Morgan fingerprint density at radius 2 is 1.62 bits per heavy atom. The highest BCUT2D eigenvalue weighted by atomic mass is 35.5. The third-order valence-corrected chi connectivity index (χ3v) is 7.74. The second-order valence-electron chi connectivity index (χ2n) is 11.3. The molecule has 4 aromatic rings. The molecule has 1 aromatic heterocycles. The Bertz CT molecular complexity index is 1950. The van der Waals surface area contributed by atoms with Gasteiger partial charge in [0.05, 0.1) is 12.6 Å². The third kappa shape index (κ3) is 10.2. The maximum atomic E-state index is 12.9. The normalized spacial score (nSPS) is 13.6. The number of aliphatic carboxylic acids is 1. The maximum absolute atomic E-state index is 12.9. The summed E-state index contributed by atoms with van der Waals surface area (Å²) in [4.78, 5) is 61.5. The first-order valence-electron chi connectivity index (χ1n) is 15.4. The number of rotatable bonds is 14. The zero-order valence-corrected chi connectivity index (χ0v) is 27.8. The number of hydrogen-bond donors (Lipinski definition) is 6. The van der Waals surface area contributed by atoms with E-state index in [0.29, 0.717) is 29.3 Å². The highest BCUT2D eigenvalue weighted by molar-refractivity contribution is 6.39. The lowest BCUT2D eigenvalue weighted by atomic mass is 10.1. The number of carboxylic acids is 1. The molecule has 19 heteroatoms. The molecule has 0 spiro atoms. The summed E-state index contributed by atoms with van der Waals surface area (Å²) in [5, 5.41) is 22.9. The molecule has 0 aliphatic heterocycles. The van der Waals surface area contributed by atoms with E-state index in [4.69, 9.17) is 21.1 Å². The van der Waals surface area contributed by atoms with Crippen molar-refractivity contribution in [3.05, 3.63) is 88.9 Å². The van der Waals surface area contributed by atoms with Crippen molar-refractivity contribution in [1.82, 2.24) is 25.6 Å². The number of anilines is 4. The SMILES string of the molecule is COc1cccc(NC(=O)C(=O)NC[C@H](NC(=O)c2ccc(Nc3nc(NC4(c5ccc(Cl)cc5)CC4)nc(OCC(F)(F)F)n3)cc2)C(=O)O)c1. The van der Waals surface area contributed by atoms with E-state index in [1.807, 2.05) is 12.1 Å². The Morgan fingerprint density at radius 1 is 0.923 bits per heavy atom. The molecule has 1 atom stereocenters. The Labute approximate surface area is 298 Å². The van der Waals surface area contributed by atoms with Gasteiger partial charge in [-0.15, -0.1) is 0 Å². The second kappa shape index (κ2) is 15.8. The molecule has 6 N–H and O–H groups in total. The largest absolute Gasteiger partial charge is 0.497 e. The topological polar surface area (TPSA) is 206 Å². The van der Waals surface area contributed by atoms with Crippen molar-refractivity contribution in [2.75, 3.05) is 36.2 Å². The van der Waals surface area contributed by atoms with Gasteiger partial charge >= 0.3 is 30.0 Å². The Kier molecular flexibility index (Phi) is 11.3. The smallest absolute Gasteiger partial charge is 0.422 e. The number of halogens is 4. The first-order valence-corrected chi connectivity index (χ1v) is 15.7. The van der Waals surface area contributed by atoms with E-state index in [2.05, 4.69) is 41.5 Å². The molecule has 1 aliphatic rings. The maximum Gasteiger partial charge on any atom is 0.422 e. The summed E-state index contributed by atoms with van der Waals surface area (Å²) in [7, 11) is 1.43. The zero-order valence-electron chi connectivity index (χ0n) is 27.1. The number of benzene rings is 3. The predicted molar refractivity (Wildman–Crippen MR) is 181 cm³/mol. The third-order valence-electron chi connectivity index (χ3n) is 7.48. The lowest BCUT2D eigenvalue weighted by Crippen LogP contribution is -2.50. The van der Waals surface area contributed by atoms with Crippen molar-refractivity contribution in [3.8, 4) is 11.8 Å². The van der Waals surface area contributed by atoms with Gasteiger partial charge in [-0.3, -0.25) is 14.4 Å². The fourth-order valence-corrected chi connectivity index (χ4v) is 4.84. The number of nitrogens with one attached hydrogen (secondary N) is 5. The van der Waals surface area contributed by atoms with E-state index < -0.39 is 60.6 Å². The molecule has 52 heavy (non-hydrogen) atoms. The van der Waals surface area contributed by atoms with Gasteiger partial charge in [0.2, 0.25) is 11.9 Å². The van der Waals surface area contributed by atoms with E-state index in [9.17, 15) is 37.5 Å². The van der Waals surface area contributed by atoms with Crippen LogP contribution in [0, 0.1) is 0 Å². The van der Waals surface area contributed by atoms with Gasteiger partial charge in [-0.25, -0.2) is 4.79 Å². The summed E-state index contributed by atoms with van der Waals surface area (Å²) in [6.45, 7) is -2.25. The monoisotopic (exact) mass is 742 g/mol. The molecule has 0 unspecified atom stereocenters. The van der Waals surface area contributed by atoms with Crippen LogP contribution in [0.3, 0.4) is 0 Å². The number of aromatic nitrogens is 3. The average Bonchev–Trinajstić information content (AvgIpc) is 3.89. The highest BCUT2D eigenvalue weighted by Crippen LogP contribution is 2.48. The summed E-state index contributed by atoms with van der Waals surface area (Å²) in [6.07, 6.45) is -3.26. The van der Waals surface area contributed by atoms with E-state index >= 15 is 0 Å². The number of hydrogen-bond acceptors (Lipinski definition) is 11. The minimum absolute atomic E-state index is 0.0183. The molecule has 1 aliphatic carbocycles. The van der Waals surface area contributed by atoms with Crippen LogP contribution in [0.2, 0.25) is 5.02 Å². The average molecular weight is 743 g/mol. The first kappa shape index (κ1) is 37.1. The number of carbonyl (C=O) groups excluding carboxylic acids is 3. The van der Waals surface area contributed by atoms with Crippen LogP contribution in [-0.2, 0) is 19.9 Å². The van der Waals surface area contributed by atoms with Gasteiger partial charge in [-0.1, -0.05) is 29.8 Å². The van der Waals surface area contributed by atoms with Crippen LogP contribution in [0.15, 0.2) is 72.8 Å². The summed E-state index contributed by atoms with van der Waals surface area (Å²) in [5.74, 6) is -4.30. The molecule has 0 radical (unpaired) electrons. The van der Waals surface area contributed by atoms with Gasteiger partial charge in [0, 0.05) is 34.6 Å². The molecule has 0 bridgehead atoms. The Balaban J connectivity index is 1.22. The van der Waals surface area contributed by atoms with Gasteiger partial charge in [0.25, 0.3) is 5.91 Å². The second-order valence-corrected chi connectivity index (χ2v) is 11.8. The molecule has 1 heterocycles. The van der Waals surface area contributed by atoms with Crippen molar-refractivity contribution in [1.29, 1.82) is 0 Å². The number of alkyl halides is 3. The van der Waals surface area contributed by atoms with Gasteiger partial charge in [-0.05, 0) is 66.9 Å². The molecule has 15 nitrogen and oxygen atoms in total. The number of amides is 3. The van der Waals surface area contributed by atoms with E-state index in [1.54, 1.807) is 24.3 Å². The van der Waals surface area contributed by atoms with Crippen LogP contribution in [0.1, 0.15) is 28.8 Å². The van der Waals surface area contributed by atoms with Crippen LogP contribution in [-0.4, -0.2) is 76.2 Å². The Hall–Kier alpha value is -6.17. The van der Waals surface area contributed by atoms with Crippen molar-refractivity contribution >= 4 is 58.6 Å². The Morgan fingerprint density at radius 3 is 2.25 bits per heavy atom. The molecule has 1 fully saturated rings. The van der Waals surface area contributed by atoms with Crippen LogP contribution in [0.25, 0.3) is 0 Å². The molecule has 5 rings (SSSR count). The molecule has 0 saturated heterocycles. The van der Waals surface area contributed by atoms with Crippen LogP contribution >= 0.6 is 11.6 Å².